The van der Waals surface area contributed by atoms with Gasteiger partial charge in [-0.2, -0.15) is 0 Å². The summed E-state index contributed by atoms with van der Waals surface area (Å²) < 4.78 is 6.01. The number of benzene rings is 1. The second-order valence-corrected chi connectivity index (χ2v) is 6.95. The Kier molecular flexibility index (Phi) is 7.20. The number of nitrogens with two attached hydrogens (primary N) is 1. The molecule has 0 aliphatic carbocycles. The molecule has 0 unspecified atom stereocenters. The Morgan fingerprint density at radius 2 is 1.91 bits per heavy atom. The van der Waals surface area contributed by atoms with Crippen LogP contribution in [0, 0.1) is 6.92 Å². The predicted molar refractivity (Wildman–Crippen MR) is 91.8 cm³/mol. The first-order chi connectivity index (χ1) is 10.7. The van der Waals surface area contributed by atoms with Crippen molar-refractivity contribution in [2.75, 3.05) is 39.3 Å². The monoisotopic (exact) mass is 306 g/mol. The molecule has 22 heavy (non-hydrogen) atoms. The highest BCUT2D eigenvalue weighted by molar-refractivity contribution is 5.37. The molecule has 1 aromatic rings. The highest BCUT2D eigenvalue weighted by Crippen LogP contribution is 2.24. The standard InChI is InChI=1S/C19H32N2O/c1-16(2)18-8-7-17(3)19(15-18)22-14-6-4-5-11-21-12-9-20-10-13-21/h7-8,15-16,20H,4-6,9-14H2,1-3H3/p+2. The average Bonchev–Trinajstić information content (AvgIpc) is 2.53. The summed E-state index contributed by atoms with van der Waals surface area (Å²) >= 11 is 0. The van der Waals surface area contributed by atoms with Crippen molar-refractivity contribution < 1.29 is 15.0 Å². The van der Waals surface area contributed by atoms with Gasteiger partial charge in [0.05, 0.1) is 13.2 Å². The van der Waals surface area contributed by atoms with Gasteiger partial charge in [0.2, 0.25) is 0 Å². The molecule has 1 aliphatic heterocycles. The second-order valence-electron chi connectivity index (χ2n) is 6.95. The summed E-state index contributed by atoms with van der Waals surface area (Å²) in [6.07, 6.45) is 3.80. The Morgan fingerprint density at radius 1 is 1.14 bits per heavy atom. The first kappa shape index (κ1) is 17.3. The molecule has 3 heteroatoms. The lowest BCUT2D eigenvalue weighted by atomic mass is 10.0. The molecular formula is C19H34N2O+2. The quantitative estimate of drug-likeness (QED) is 0.693. The van der Waals surface area contributed by atoms with Crippen LogP contribution in [0.2, 0.25) is 0 Å². The number of aryl methyl sites for hydroxylation is 1. The molecule has 0 aromatic heterocycles. The van der Waals surface area contributed by atoms with Crippen LogP contribution in [0.3, 0.4) is 0 Å². The molecule has 0 spiro atoms. The topological polar surface area (TPSA) is 30.3 Å². The zero-order chi connectivity index (χ0) is 15.8. The largest absolute Gasteiger partial charge is 0.493 e. The van der Waals surface area contributed by atoms with Gasteiger partial charge in [-0.05, 0) is 49.3 Å². The second kappa shape index (κ2) is 9.16. The number of piperazine rings is 1. The van der Waals surface area contributed by atoms with Gasteiger partial charge in [-0.3, -0.25) is 0 Å². The first-order valence-corrected chi connectivity index (χ1v) is 9.05. The van der Waals surface area contributed by atoms with Gasteiger partial charge in [0.15, 0.2) is 0 Å². The fourth-order valence-corrected chi connectivity index (χ4v) is 3.10. The molecule has 0 amide bonds. The van der Waals surface area contributed by atoms with E-state index in [2.05, 4.69) is 44.3 Å². The van der Waals surface area contributed by atoms with Crippen LogP contribution in [0.1, 0.15) is 50.2 Å². The Balaban J connectivity index is 1.63. The maximum Gasteiger partial charge on any atom is 0.127 e. The van der Waals surface area contributed by atoms with E-state index in [1.54, 1.807) is 4.90 Å². The molecule has 0 radical (unpaired) electrons. The van der Waals surface area contributed by atoms with Gasteiger partial charge in [-0.1, -0.05) is 26.0 Å². The lowest BCUT2D eigenvalue weighted by molar-refractivity contribution is -0.946. The normalized spacial score (nSPS) is 16.2. The summed E-state index contributed by atoms with van der Waals surface area (Å²) in [6.45, 7) is 14.1. The molecule has 124 valence electrons. The zero-order valence-electron chi connectivity index (χ0n) is 14.7. The third-order valence-electron chi connectivity index (χ3n) is 4.72. The average molecular weight is 306 g/mol. The van der Waals surface area contributed by atoms with Crippen LogP contribution in [0.25, 0.3) is 0 Å². The van der Waals surface area contributed by atoms with Gasteiger partial charge in [0.1, 0.15) is 31.9 Å². The fraction of sp³-hybridized carbons (Fsp3) is 0.684. The highest BCUT2D eigenvalue weighted by atomic mass is 16.5. The molecule has 0 bridgehead atoms. The number of unbranched alkanes of at least 4 members (excludes halogenated alkanes) is 2. The van der Waals surface area contributed by atoms with Crippen molar-refractivity contribution in [3.05, 3.63) is 29.3 Å². The number of ether oxygens (including phenoxy) is 1. The SMILES string of the molecule is Cc1ccc(C(C)C)cc1OCCCCC[NH+]1CC[NH2+]CC1. The number of nitrogens with one attached hydrogen (secondary N) is 1. The van der Waals surface area contributed by atoms with Gasteiger partial charge >= 0.3 is 0 Å². The van der Waals surface area contributed by atoms with E-state index in [1.807, 2.05) is 0 Å². The molecule has 0 atom stereocenters. The third-order valence-corrected chi connectivity index (χ3v) is 4.72. The van der Waals surface area contributed by atoms with E-state index in [0.29, 0.717) is 5.92 Å². The van der Waals surface area contributed by atoms with E-state index in [4.69, 9.17) is 4.74 Å². The highest BCUT2D eigenvalue weighted by Gasteiger charge is 2.14. The van der Waals surface area contributed by atoms with Crippen LogP contribution < -0.4 is 15.0 Å². The van der Waals surface area contributed by atoms with E-state index < -0.39 is 0 Å². The lowest BCUT2D eigenvalue weighted by Crippen LogP contribution is -3.20. The van der Waals surface area contributed by atoms with Gasteiger partial charge in [-0.25, -0.2) is 0 Å². The molecule has 0 saturated carbocycles. The molecule has 3 nitrogen and oxygen atoms in total. The third kappa shape index (κ3) is 5.62. The van der Waals surface area contributed by atoms with Crippen LogP contribution in [0.5, 0.6) is 5.75 Å². The summed E-state index contributed by atoms with van der Waals surface area (Å²) in [5.41, 5.74) is 2.62. The van der Waals surface area contributed by atoms with Gasteiger partial charge < -0.3 is 15.0 Å². The zero-order valence-corrected chi connectivity index (χ0v) is 14.7. The molecular weight excluding hydrogens is 272 g/mol. The van der Waals surface area contributed by atoms with Crippen molar-refractivity contribution in [2.24, 2.45) is 0 Å². The van der Waals surface area contributed by atoms with Crippen LogP contribution >= 0.6 is 0 Å². The number of hydrogen-bond acceptors (Lipinski definition) is 1. The maximum absolute atomic E-state index is 6.01. The summed E-state index contributed by atoms with van der Waals surface area (Å²) in [6, 6.07) is 6.61. The minimum Gasteiger partial charge on any atom is -0.493 e. The molecule has 2 rings (SSSR count). The van der Waals surface area contributed by atoms with E-state index in [0.717, 1.165) is 12.4 Å². The van der Waals surface area contributed by atoms with Crippen molar-refractivity contribution in [2.45, 2.75) is 46.0 Å². The summed E-state index contributed by atoms with van der Waals surface area (Å²) in [5, 5.41) is 2.44. The minimum absolute atomic E-state index is 0.563. The van der Waals surface area contributed by atoms with Crippen LogP contribution in [-0.4, -0.2) is 39.3 Å². The molecule has 1 aromatic carbocycles. The summed E-state index contributed by atoms with van der Waals surface area (Å²) in [4.78, 5) is 1.80. The number of hydrogen-bond donors (Lipinski definition) is 2. The summed E-state index contributed by atoms with van der Waals surface area (Å²) in [7, 11) is 0. The first-order valence-electron chi connectivity index (χ1n) is 9.05. The van der Waals surface area contributed by atoms with Crippen molar-refractivity contribution in [3.8, 4) is 5.75 Å². The van der Waals surface area contributed by atoms with Crippen LogP contribution in [0.15, 0.2) is 18.2 Å². The Bertz CT molecular complexity index is 439. The minimum atomic E-state index is 0.563. The van der Waals surface area contributed by atoms with Crippen LogP contribution in [0.4, 0.5) is 0 Å². The van der Waals surface area contributed by atoms with E-state index in [1.165, 1.54) is 63.1 Å². The van der Waals surface area contributed by atoms with E-state index in [-0.39, 0.29) is 0 Å². The Labute approximate surface area is 136 Å². The number of quaternary nitrogens is 2. The predicted octanol–water partition coefficient (Wildman–Crippen LogP) is 1.13. The van der Waals surface area contributed by atoms with E-state index in [9.17, 15) is 0 Å². The molecule has 1 heterocycles. The molecule has 1 saturated heterocycles. The summed E-state index contributed by atoms with van der Waals surface area (Å²) in [5.74, 6) is 1.64. The van der Waals surface area contributed by atoms with Gasteiger partial charge in [-0.15, -0.1) is 0 Å². The number of rotatable bonds is 8. The van der Waals surface area contributed by atoms with Crippen LogP contribution in [-0.2, 0) is 0 Å². The molecule has 1 aliphatic rings. The maximum atomic E-state index is 6.01. The van der Waals surface area contributed by atoms with E-state index >= 15 is 0 Å². The van der Waals surface area contributed by atoms with Crippen molar-refractivity contribution in [3.63, 3.8) is 0 Å². The van der Waals surface area contributed by atoms with Gasteiger partial charge in [0.25, 0.3) is 0 Å². The Morgan fingerprint density at radius 3 is 2.64 bits per heavy atom. The van der Waals surface area contributed by atoms with Gasteiger partial charge in [0, 0.05) is 0 Å². The van der Waals surface area contributed by atoms with Crippen molar-refractivity contribution in [1.82, 2.24) is 0 Å². The van der Waals surface area contributed by atoms with Crippen molar-refractivity contribution >= 4 is 0 Å². The molecule has 3 N–H and O–H groups in total. The van der Waals surface area contributed by atoms with Crippen molar-refractivity contribution in [1.29, 1.82) is 0 Å². The Hall–Kier alpha value is -1.06. The fourth-order valence-electron chi connectivity index (χ4n) is 3.10. The smallest absolute Gasteiger partial charge is 0.127 e. The molecule has 1 fully saturated rings. The lowest BCUT2D eigenvalue weighted by Gasteiger charge is -2.22.